The Morgan fingerprint density at radius 1 is 1.10 bits per heavy atom. The zero-order valence-corrected chi connectivity index (χ0v) is 16.5. The Morgan fingerprint density at radius 2 is 1.76 bits per heavy atom. The molecule has 2 amide bonds. The van der Waals surface area contributed by atoms with Crippen molar-refractivity contribution in [3.8, 4) is 5.75 Å². The molecule has 8 heteroatoms. The number of carbonyl (C=O) groups is 1. The summed E-state index contributed by atoms with van der Waals surface area (Å²) in [5.74, 6) is 0.801. The van der Waals surface area contributed by atoms with E-state index in [-0.39, 0.29) is 17.8 Å². The number of nitro benzene ring substituents is 1. The highest BCUT2D eigenvalue weighted by Gasteiger charge is 2.23. The maximum absolute atomic E-state index is 12.4. The predicted molar refractivity (Wildman–Crippen MR) is 111 cm³/mol. The van der Waals surface area contributed by atoms with Crippen molar-refractivity contribution >= 4 is 17.4 Å². The second-order valence-corrected chi connectivity index (χ2v) is 7.02. The highest BCUT2D eigenvalue weighted by Crippen LogP contribution is 2.26. The van der Waals surface area contributed by atoms with Crippen LogP contribution >= 0.6 is 0 Å². The number of hydrogen-bond donors (Lipinski definition) is 2. The first-order valence-electron chi connectivity index (χ1n) is 9.74. The summed E-state index contributed by atoms with van der Waals surface area (Å²) in [6.45, 7) is 2.47. The molecule has 29 heavy (non-hydrogen) atoms. The number of anilines is 1. The first-order valence-corrected chi connectivity index (χ1v) is 9.74. The number of benzene rings is 2. The molecule has 1 aliphatic heterocycles. The molecule has 0 saturated carbocycles. The van der Waals surface area contributed by atoms with Gasteiger partial charge in [-0.1, -0.05) is 18.6 Å². The lowest BCUT2D eigenvalue weighted by molar-refractivity contribution is -0.384. The van der Waals surface area contributed by atoms with E-state index in [0.717, 1.165) is 37.2 Å². The summed E-state index contributed by atoms with van der Waals surface area (Å²) in [4.78, 5) is 25.0. The zero-order chi connectivity index (χ0) is 20.6. The minimum absolute atomic E-state index is 0.0133. The Balaban J connectivity index is 1.63. The number of non-ortho nitro benzene ring substituents is 1. The van der Waals surface area contributed by atoms with Gasteiger partial charge in [-0.2, -0.15) is 0 Å². The number of urea groups is 1. The first-order chi connectivity index (χ1) is 14.1. The van der Waals surface area contributed by atoms with E-state index in [9.17, 15) is 14.9 Å². The molecule has 3 rings (SSSR count). The molecule has 2 aromatic carbocycles. The molecule has 154 valence electrons. The Morgan fingerprint density at radius 3 is 2.34 bits per heavy atom. The van der Waals surface area contributed by atoms with Gasteiger partial charge >= 0.3 is 6.03 Å². The fourth-order valence-electron chi connectivity index (χ4n) is 3.55. The summed E-state index contributed by atoms with van der Waals surface area (Å²) in [7, 11) is 1.64. The van der Waals surface area contributed by atoms with Crippen LogP contribution in [0.25, 0.3) is 0 Å². The summed E-state index contributed by atoms with van der Waals surface area (Å²) < 4.78 is 5.25. The van der Waals surface area contributed by atoms with E-state index in [2.05, 4.69) is 15.5 Å². The van der Waals surface area contributed by atoms with Gasteiger partial charge < -0.3 is 15.4 Å². The number of rotatable bonds is 7. The second kappa shape index (κ2) is 9.88. The second-order valence-electron chi connectivity index (χ2n) is 7.02. The van der Waals surface area contributed by atoms with Crippen molar-refractivity contribution in [3.63, 3.8) is 0 Å². The first kappa shape index (κ1) is 20.6. The number of likely N-dealkylation sites (tertiary alicyclic amines) is 1. The topological polar surface area (TPSA) is 96.7 Å². The van der Waals surface area contributed by atoms with Crippen LogP contribution in [0.3, 0.4) is 0 Å². The molecule has 1 aliphatic rings. The van der Waals surface area contributed by atoms with E-state index in [1.165, 1.54) is 30.7 Å². The van der Waals surface area contributed by atoms with Crippen LogP contribution in [0.4, 0.5) is 16.2 Å². The lowest BCUT2D eigenvalue weighted by Gasteiger charge is -2.35. The fourth-order valence-corrected chi connectivity index (χ4v) is 3.55. The van der Waals surface area contributed by atoms with Crippen LogP contribution in [0.15, 0.2) is 48.5 Å². The molecule has 1 heterocycles. The number of nitro groups is 1. The van der Waals surface area contributed by atoms with E-state index in [1.807, 2.05) is 24.3 Å². The van der Waals surface area contributed by atoms with Gasteiger partial charge in [0.15, 0.2) is 0 Å². The Labute approximate surface area is 170 Å². The van der Waals surface area contributed by atoms with Gasteiger partial charge in [-0.25, -0.2) is 4.79 Å². The van der Waals surface area contributed by atoms with E-state index < -0.39 is 4.92 Å². The quantitative estimate of drug-likeness (QED) is 0.544. The number of carbonyl (C=O) groups excluding carboxylic acids is 1. The van der Waals surface area contributed by atoms with E-state index >= 15 is 0 Å². The number of ether oxygens (including phenoxy) is 1. The summed E-state index contributed by atoms with van der Waals surface area (Å²) >= 11 is 0. The lowest BCUT2D eigenvalue weighted by atomic mass is 10.0. The third-order valence-electron chi connectivity index (χ3n) is 5.12. The van der Waals surface area contributed by atoms with Crippen LogP contribution in [-0.2, 0) is 0 Å². The molecule has 0 radical (unpaired) electrons. The molecule has 0 aliphatic carbocycles. The molecule has 2 N–H and O–H groups in total. The molecule has 0 aromatic heterocycles. The van der Waals surface area contributed by atoms with Crippen LogP contribution < -0.4 is 15.4 Å². The third-order valence-corrected chi connectivity index (χ3v) is 5.12. The molecular weight excluding hydrogens is 372 g/mol. The molecule has 1 saturated heterocycles. The van der Waals surface area contributed by atoms with Crippen molar-refractivity contribution < 1.29 is 14.5 Å². The SMILES string of the molecule is COc1ccc(C(CNC(=O)Nc2ccc([N+](=O)[O-])cc2)N2CCCCC2)cc1. The van der Waals surface area contributed by atoms with Gasteiger partial charge in [0.1, 0.15) is 5.75 Å². The largest absolute Gasteiger partial charge is 0.497 e. The van der Waals surface area contributed by atoms with E-state index in [0.29, 0.717) is 12.2 Å². The minimum Gasteiger partial charge on any atom is -0.497 e. The molecule has 0 bridgehead atoms. The summed E-state index contributed by atoms with van der Waals surface area (Å²) in [5.41, 5.74) is 1.62. The van der Waals surface area contributed by atoms with Crippen molar-refractivity contribution in [2.45, 2.75) is 25.3 Å². The molecule has 8 nitrogen and oxygen atoms in total. The monoisotopic (exact) mass is 398 g/mol. The standard InChI is InChI=1S/C21H26N4O4/c1-29-19-11-5-16(6-12-19)20(24-13-3-2-4-14-24)15-22-21(26)23-17-7-9-18(10-8-17)25(27)28/h5-12,20H,2-4,13-15H2,1H3,(H2,22,23,26). The number of piperidine rings is 1. The maximum atomic E-state index is 12.4. The fraction of sp³-hybridized carbons (Fsp3) is 0.381. The van der Waals surface area contributed by atoms with Gasteiger partial charge in [0.2, 0.25) is 0 Å². The van der Waals surface area contributed by atoms with Crippen LogP contribution in [0.2, 0.25) is 0 Å². The van der Waals surface area contributed by atoms with Gasteiger partial charge in [0.05, 0.1) is 18.1 Å². The lowest BCUT2D eigenvalue weighted by Crippen LogP contribution is -2.41. The van der Waals surface area contributed by atoms with Gasteiger partial charge in [-0.05, 0) is 55.8 Å². The Bertz CT molecular complexity index is 818. The number of nitrogens with one attached hydrogen (secondary N) is 2. The molecular formula is C21H26N4O4. The van der Waals surface area contributed by atoms with E-state index in [1.54, 1.807) is 7.11 Å². The maximum Gasteiger partial charge on any atom is 0.319 e. The van der Waals surface area contributed by atoms with Crippen LogP contribution in [0.5, 0.6) is 5.75 Å². The van der Waals surface area contributed by atoms with Crippen molar-refractivity contribution in [2.75, 3.05) is 32.1 Å². The molecule has 0 spiro atoms. The average Bonchev–Trinajstić information content (AvgIpc) is 2.75. The van der Waals surface area contributed by atoms with Crippen LogP contribution in [-0.4, -0.2) is 42.6 Å². The normalized spacial score (nSPS) is 15.3. The van der Waals surface area contributed by atoms with Gasteiger partial charge in [0, 0.05) is 24.4 Å². The van der Waals surface area contributed by atoms with Gasteiger partial charge in [0.25, 0.3) is 5.69 Å². The average molecular weight is 398 g/mol. The number of methoxy groups -OCH3 is 1. The Hall–Kier alpha value is -3.13. The highest BCUT2D eigenvalue weighted by atomic mass is 16.6. The Kier molecular flexibility index (Phi) is 7.02. The number of amides is 2. The third kappa shape index (κ3) is 5.68. The molecule has 2 aromatic rings. The summed E-state index contributed by atoms with van der Waals surface area (Å²) in [6.07, 6.45) is 3.54. The van der Waals surface area contributed by atoms with Crippen LogP contribution in [0, 0.1) is 10.1 Å². The predicted octanol–water partition coefficient (Wildman–Crippen LogP) is 3.95. The van der Waals surface area contributed by atoms with Crippen LogP contribution in [0.1, 0.15) is 30.9 Å². The number of nitrogens with zero attached hydrogens (tertiary/aromatic N) is 2. The smallest absolute Gasteiger partial charge is 0.319 e. The van der Waals surface area contributed by atoms with Crippen molar-refractivity contribution in [2.24, 2.45) is 0 Å². The highest BCUT2D eigenvalue weighted by molar-refractivity contribution is 5.89. The molecule has 1 fully saturated rings. The molecule has 1 atom stereocenters. The number of hydrogen-bond acceptors (Lipinski definition) is 5. The summed E-state index contributed by atoms with van der Waals surface area (Å²) in [6, 6.07) is 13.4. The molecule has 1 unspecified atom stereocenters. The zero-order valence-electron chi connectivity index (χ0n) is 16.5. The van der Waals surface area contributed by atoms with Gasteiger partial charge in [-0.3, -0.25) is 15.0 Å². The van der Waals surface area contributed by atoms with E-state index in [4.69, 9.17) is 4.74 Å². The van der Waals surface area contributed by atoms with Crippen molar-refractivity contribution in [3.05, 3.63) is 64.2 Å². The minimum atomic E-state index is -0.470. The summed E-state index contributed by atoms with van der Waals surface area (Å²) in [5, 5.41) is 16.4. The van der Waals surface area contributed by atoms with Crippen molar-refractivity contribution in [1.29, 1.82) is 0 Å². The van der Waals surface area contributed by atoms with Crippen molar-refractivity contribution in [1.82, 2.24) is 10.2 Å². The van der Waals surface area contributed by atoms with Gasteiger partial charge in [-0.15, -0.1) is 0 Å².